The van der Waals surface area contributed by atoms with Crippen molar-refractivity contribution in [1.29, 1.82) is 0 Å². The summed E-state index contributed by atoms with van der Waals surface area (Å²) in [5, 5.41) is 5.89. The number of nitrogens with two attached hydrogens (primary N) is 1. The first-order valence-corrected chi connectivity index (χ1v) is 7.07. The van der Waals surface area contributed by atoms with Gasteiger partial charge in [0.2, 0.25) is 11.8 Å². The Morgan fingerprint density at radius 1 is 1.37 bits per heavy atom. The summed E-state index contributed by atoms with van der Waals surface area (Å²) >= 11 is 1.35. The molecule has 2 amide bonds. The monoisotopic (exact) mass is 281 g/mol. The lowest BCUT2D eigenvalue weighted by atomic mass is 10.2. The largest absolute Gasteiger partial charge is 0.373 e. The number of nitrogens with one attached hydrogen (secondary N) is 2. The van der Waals surface area contributed by atoms with Crippen LogP contribution in [-0.2, 0) is 9.59 Å². The fourth-order valence-electron chi connectivity index (χ4n) is 1.49. The molecule has 0 aliphatic carbocycles. The number of para-hydroxylation sites is 1. The van der Waals surface area contributed by atoms with E-state index in [9.17, 15) is 9.59 Å². The second-order valence-electron chi connectivity index (χ2n) is 4.01. The molecule has 0 saturated heterocycles. The van der Waals surface area contributed by atoms with Gasteiger partial charge in [0.25, 0.3) is 0 Å². The van der Waals surface area contributed by atoms with Gasteiger partial charge in [-0.1, -0.05) is 12.1 Å². The van der Waals surface area contributed by atoms with Gasteiger partial charge in [0, 0.05) is 17.1 Å². The highest BCUT2D eigenvalue weighted by Crippen LogP contribution is 2.27. The predicted octanol–water partition coefficient (Wildman–Crippen LogP) is 1.20. The minimum atomic E-state index is -0.364. The van der Waals surface area contributed by atoms with Crippen LogP contribution in [0.15, 0.2) is 29.2 Å². The van der Waals surface area contributed by atoms with Crippen LogP contribution in [0.1, 0.15) is 13.8 Å². The van der Waals surface area contributed by atoms with Gasteiger partial charge in [-0.3, -0.25) is 9.59 Å². The van der Waals surface area contributed by atoms with Crippen LogP contribution >= 0.6 is 11.8 Å². The van der Waals surface area contributed by atoms with Gasteiger partial charge in [-0.15, -0.1) is 11.8 Å². The summed E-state index contributed by atoms with van der Waals surface area (Å²) in [5.41, 5.74) is 5.96. The molecule has 1 atom stereocenters. The van der Waals surface area contributed by atoms with E-state index in [2.05, 4.69) is 10.6 Å². The van der Waals surface area contributed by atoms with Gasteiger partial charge in [0.05, 0.1) is 5.75 Å². The van der Waals surface area contributed by atoms with Crippen LogP contribution in [0.2, 0.25) is 0 Å². The van der Waals surface area contributed by atoms with Crippen molar-refractivity contribution in [3.05, 3.63) is 24.3 Å². The first kappa shape index (κ1) is 15.4. The van der Waals surface area contributed by atoms with Gasteiger partial charge < -0.3 is 16.4 Å². The minimum Gasteiger partial charge on any atom is -0.373 e. The number of carbonyl (C=O) groups excluding carboxylic acids is 2. The molecule has 0 spiro atoms. The van der Waals surface area contributed by atoms with Gasteiger partial charge >= 0.3 is 0 Å². The Bertz CT molecular complexity index is 451. The predicted molar refractivity (Wildman–Crippen MR) is 78.1 cm³/mol. The van der Waals surface area contributed by atoms with Crippen LogP contribution < -0.4 is 16.4 Å². The lowest BCUT2D eigenvalue weighted by Crippen LogP contribution is -2.37. The lowest BCUT2D eigenvalue weighted by molar-refractivity contribution is -0.121. The highest BCUT2D eigenvalue weighted by Gasteiger charge is 2.13. The van der Waals surface area contributed by atoms with E-state index in [1.165, 1.54) is 11.8 Å². The number of hydrogen-bond acceptors (Lipinski definition) is 4. The van der Waals surface area contributed by atoms with Gasteiger partial charge in [-0.2, -0.15) is 0 Å². The number of anilines is 1. The molecule has 5 nitrogen and oxygen atoms in total. The molecule has 0 radical (unpaired) electrons. The molecule has 0 aliphatic rings. The molecule has 1 aromatic carbocycles. The molecular weight excluding hydrogens is 262 g/mol. The summed E-state index contributed by atoms with van der Waals surface area (Å²) < 4.78 is 0. The third kappa shape index (κ3) is 5.21. The van der Waals surface area contributed by atoms with E-state index in [-0.39, 0.29) is 23.6 Å². The maximum absolute atomic E-state index is 11.7. The quantitative estimate of drug-likeness (QED) is 0.656. The second-order valence-corrected chi connectivity index (χ2v) is 5.03. The molecule has 0 aliphatic heterocycles. The third-order valence-corrected chi connectivity index (χ3v) is 3.47. The van der Waals surface area contributed by atoms with Crippen molar-refractivity contribution in [2.75, 3.05) is 17.6 Å². The van der Waals surface area contributed by atoms with Crippen LogP contribution in [0.3, 0.4) is 0 Å². The third-order valence-electron chi connectivity index (χ3n) is 2.37. The molecule has 19 heavy (non-hydrogen) atoms. The molecule has 1 rings (SSSR count). The van der Waals surface area contributed by atoms with Gasteiger partial charge in [0.1, 0.15) is 6.04 Å². The lowest BCUT2D eigenvalue weighted by Gasteiger charge is -2.17. The Labute approximate surface area is 117 Å². The number of benzene rings is 1. The molecule has 1 aromatic rings. The van der Waals surface area contributed by atoms with Gasteiger partial charge in [-0.25, -0.2) is 0 Å². The van der Waals surface area contributed by atoms with Crippen LogP contribution in [0.5, 0.6) is 0 Å². The highest BCUT2D eigenvalue weighted by atomic mass is 32.2. The smallest absolute Gasteiger partial charge is 0.242 e. The van der Waals surface area contributed by atoms with E-state index in [0.29, 0.717) is 6.54 Å². The van der Waals surface area contributed by atoms with E-state index < -0.39 is 0 Å². The zero-order valence-corrected chi connectivity index (χ0v) is 11.9. The Balaban J connectivity index is 2.71. The Morgan fingerprint density at radius 3 is 2.68 bits per heavy atom. The number of primary amides is 1. The minimum absolute atomic E-state index is 0.0581. The first-order chi connectivity index (χ1) is 9.04. The fraction of sp³-hybridized carbons (Fsp3) is 0.385. The average molecular weight is 281 g/mol. The number of rotatable bonds is 7. The standard InChI is InChI=1S/C13H19N3O2S/c1-3-15-13(18)9(2)16-10-6-4-5-7-11(10)19-8-12(14)17/h4-7,9,16H,3,8H2,1-2H3,(H2,14,17)(H,15,18)/t9-/m0/s1. The van der Waals surface area contributed by atoms with Gasteiger partial charge in [0.15, 0.2) is 0 Å². The summed E-state index contributed by atoms with van der Waals surface area (Å²) in [6.07, 6.45) is 0. The maximum Gasteiger partial charge on any atom is 0.242 e. The van der Waals surface area contributed by atoms with Crippen molar-refractivity contribution in [1.82, 2.24) is 5.32 Å². The summed E-state index contributed by atoms with van der Waals surface area (Å²) in [5.74, 6) is -0.206. The van der Waals surface area contributed by atoms with Crippen LogP contribution in [-0.4, -0.2) is 30.2 Å². The van der Waals surface area contributed by atoms with E-state index in [0.717, 1.165) is 10.6 Å². The molecular formula is C13H19N3O2S. The van der Waals surface area contributed by atoms with Crippen molar-refractivity contribution in [2.45, 2.75) is 24.8 Å². The SMILES string of the molecule is CCNC(=O)[C@H](C)Nc1ccccc1SCC(N)=O. The molecule has 0 fully saturated rings. The molecule has 0 unspecified atom stereocenters. The van der Waals surface area contributed by atoms with Crippen LogP contribution in [0.4, 0.5) is 5.69 Å². The van der Waals surface area contributed by atoms with Crippen molar-refractivity contribution < 1.29 is 9.59 Å². The van der Waals surface area contributed by atoms with E-state index in [4.69, 9.17) is 5.73 Å². The number of hydrogen-bond donors (Lipinski definition) is 3. The number of thioether (sulfide) groups is 1. The highest BCUT2D eigenvalue weighted by molar-refractivity contribution is 8.00. The Morgan fingerprint density at radius 2 is 2.05 bits per heavy atom. The van der Waals surface area contributed by atoms with Crippen molar-refractivity contribution in [2.24, 2.45) is 5.73 Å². The molecule has 104 valence electrons. The number of likely N-dealkylation sites (N-methyl/N-ethyl adjacent to an activating group) is 1. The topological polar surface area (TPSA) is 84.2 Å². The van der Waals surface area contributed by atoms with Crippen molar-refractivity contribution in [3.63, 3.8) is 0 Å². The summed E-state index contributed by atoms with van der Waals surface area (Å²) in [6, 6.07) is 7.18. The second kappa shape index (κ2) is 7.68. The zero-order valence-electron chi connectivity index (χ0n) is 11.1. The van der Waals surface area contributed by atoms with E-state index in [1.54, 1.807) is 6.92 Å². The zero-order chi connectivity index (χ0) is 14.3. The molecule has 0 aromatic heterocycles. The summed E-state index contributed by atoms with van der Waals surface area (Å²) in [7, 11) is 0. The number of amides is 2. The summed E-state index contributed by atoms with van der Waals surface area (Å²) in [6.45, 7) is 4.27. The van der Waals surface area contributed by atoms with E-state index in [1.807, 2.05) is 31.2 Å². The first-order valence-electron chi connectivity index (χ1n) is 6.09. The van der Waals surface area contributed by atoms with Crippen molar-refractivity contribution in [3.8, 4) is 0 Å². The van der Waals surface area contributed by atoms with Crippen LogP contribution in [0.25, 0.3) is 0 Å². The Hall–Kier alpha value is -1.69. The molecule has 0 heterocycles. The normalized spacial score (nSPS) is 11.7. The molecule has 0 saturated carbocycles. The maximum atomic E-state index is 11.7. The molecule has 4 N–H and O–H groups in total. The van der Waals surface area contributed by atoms with Crippen molar-refractivity contribution >= 4 is 29.3 Å². The Kier molecular flexibility index (Phi) is 6.21. The fourth-order valence-corrected chi connectivity index (χ4v) is 2.24. The van der Waals surface area contributed by atoms with Crippen LogP contribution in [0, 0.1) is 0 Å². The molecule has 6 heteroatoms. The van der Waals surface area contributed by atoms with E-state index >= 15 is 0 Å². The number of carbonyl (C=O) groups is 2. The average Bonchev–Trinajstić information content (AvgIpc) is 2.37. The summed E-state index contributed by atoms with van der Waals surface area (Å²) in [4.78, 5) is 23.4. The van der Waals surface area contributed by atoms with Gasteiger partial charge in [-0.05, 0) is 26.0 Å². The molecule has 0 bridgehead atoms.